The zero-order chi connectivity index (χ0) is 18.3. The molecule has 2 aliphatic carbocycles. The van der Waals surface area contributed by atoms with E-state index in [1.54, 1.807) is 18.3 Å². The zero-order valence-corrected chi connectivity index (χ0v) is 16.3. The maximum absolute atomic E-state index is 13.1. The van der Waals surface area contributed by atoms with Crippen molar-refractivity contribution in [3.63, 3.8) is 0 Å². The number of ether oxygens (including phenoxy) is 1. The summed E-state index contributed by atoms with van der Waals surface area (Å²) in [5.41, 5.74) is 1.05. The minimum absolute atomic E-state index is 0.00138. The molecule has 2 atom stereocenters. The van der Waals surface area contributed by atoms with Crippen LogP contribution in [0.2, 0.25) is 0 Å². The van der Waals surface area contributed by atoms with Crippen LogP contribution in [0.15, 0.2) is 11.1 Å². The Bertz CT molecular complexity index is 879. The first kappa shape index (κ1) is 17.7. The van der Waals surface area contributed by atoms with Gasteiger partial charge >= 0.3 is 5.97 Å². The number of hydrogen-bond donors (Lipinski definition) is 0. The smallest absolute Gasteiger partial charge is 0.329 e. The SMILES string of the molecule is C[C@@H]1CCc2c(sc3ncn([C@@H](C)C(=O)OC4CCCCC4)c(=O)c23)C1. The molecule has 0 saturated heterocycles. The third-order valence-electron chi connectivity index (χ3n) is 5.83. The van der Waals surface area contributed by atoms with Crippen LogP contribution in [0.3, 0.4) is 0 Å². The Morgan fingerprint density at radius 3 is 2.85 bits per heavy atom. The maximum atomic E-state index is 13.1. The summed E-state index contributed by atoms with van der Waals surface area (Å²) in [4.78, 5) is 32.3. The molecule has 0 N–H and O–H groups in total. The Balaban J connectivity index is 1.63. The molecule has 0 aromatic carbocycles. The molecule has 2 aliphatic rings. The number of nitrogens with zero attached hydrogens (tertiary/aromatic N) is 2. The lowest BCUT2D eigenvalue weighted by Crippen LogP contribution is -2.32. The predicted molar refractivity (Wildman–Crippen MR) is 103 cm³/mol. The molecule has 140 valence electrons. The van der Waals surface area contributed by atoms with Crippen LogP contribution in [0.1, 0.15) is 68.9 Å². The highest BCUT2D eigenvalue weighted by molar-refractivity contribution is 7.18. The number of fused-ring (bicyclic) bond motifs is 3. The second-order valence-electron chi connectivity index (χ2n) is 7.86. The fraction of sp³-hybridized carbons (Fsp3) is 0.650. The maximum Gasteiger partial charge on any atom is 0.329 e. The Labute approximate surface area is 157 Å². The molecule has 6 heteroatoms. The van der Waals surface area contributed by atoms with Crippen molar-refractivity contribution in [3.8, 4) is 0 Å². The largest absolute Gasteiger partial charge is 0.461 e. The van der Waals surface area contributed by atoms with Crippen molar-refractivity contribution in [3.05, 3.63) is 27.1 Å². The van der Waals surface area contributed by atoms with Crippen molar-refractivity contribution in [2.45, 2.75) is 77.4 Å². The fourth-order valence-corrected chi connectivity index (χ4v) is 5.52. The minimum Gasteiger partial charge on any atom is -0.461 e. The molecule has 4 rings (SSSR count). The summed E-state index contributed by atoms with van der Waals surface area (Å²) in [6, 6.07) is -0.639. The first-order chi connectivity index (χ1) is 12.5. The quantitative estimate of drug-likeness (QED) is 0.761. The Kier molecular flexibility index (Phi) is 4.86. The molecule has 26 heavy (non-hydrogen) atoms. The summed E-state index contributed by atoms with van der Waals surface area (Å²) in [6.07, 6.45) is 9.87. The van der Waals surface area contributed by atoms with Crippen LogP contribution in [0.25, 0.3) is 10.2 Å². The molecule has 2 aromatic rings. The molecule has 0 aliphatic heterocycles. The van der Waals surface area contributed by atoms with Gasteiger partial charge in [-0.3, -0.25) is 9.36 Å². The topological polar surface area (TPSA) is 61.2 Å². The average molecular weight is 375 g/mol. The molecule has 0 radical (unpaired) electrons. The van der Waals surface area contributed by atoms with Gasteiger partial charge < -0.3 is 4.74 Å². The molecule has 1 saturated carbocycles. The molecule has 0 spiro atoms. The third kappa shape index (κ3) is 3.20. The first-order valence-electron chi connectivity index (χ1n) is 9.76. The standard InChI is InChI=1S/C20H26N2O3S/c1-12-8-9-15-16(10-12)26-18-17(15)19(23)22(11-21-18)13(2)20(24)25-14-6-4-3-5-7-14/h11-14H,3-10H2,1-2H3/t12-,13+/m1/s1. The van der Waals surface area contributed by atoms with Crippen molar-refractivity contribution >= 4 is 27.5 Å². The molecular formula is C20H26N2O3S. The van der Waals surface area contributed by atoms with Crippen LogP contribution in [-0.2, 0) is 22.4 Å². The van der Waals surface area contributed by atoms with Crippen molar-refractivity contribution < 1.29 is 9.53 Å². The van der Waals surface area contributed by atoms with Gasteiger partial charge in [0.05, 0.1) is 11.7 Å². The summed E-state index contributed by atoms with van der Waals surface area (Å²) >= 11 is 1.63. The molecule has 5 nitrogen and oxygen atoms in total. The van der Waals surface area contributed by atoms with Crippen LogP contribution in [0.5, 0.6) is 0 Å². The van der Waals surface area contributed by atoms with E-state index in [-0.39, 0.29) is 17.6 Å². The van der Waals surface area contributed by atoms with E-state index in [4.69, 9.17) is 4.74 Å². The lowest BCUT2D eigenvalue weighted by molar-refractivity contribution is -0.154. The fourth-order valence-electron chi connectivity index (χ4n) is 4.18. The molecule has 1 fully saturated rings. The van der Waals surface area contributed by atoms with Crippen LogP contribution < -0.4 is 5.56 Å². The van der Waals surface area contributed by atoms with Crippen LogP contribution in [0.4, 0.5) is 0 Å². The Morgan fingerprint density at radius 2 is 2.08 bits per heavy atom. The molecule has 2 aromatic heterocycles. The zero-order valence-electron chi connectivity index (χ0n) is 15.5. The van der Waals surface area contributed by atoms with Crippen LogP contribution in [-0.4, -0.2) is 21.6 Å². The van der Waals surface area contributed by atoms with Crippen LogP contribution in [0, 0.1) is 5.92 Å². The first-order valence-corrected chi connectivity index (χ1v) is 10.6. The van der Waals surface area contributed by atoms with E-state index in [9.17, 15) is 9.59 Å². The van der Waals surface area contributed by atoms with Gasteiger partial charge in [0.1, 0.15) is 17.0 Å². The van der Waals surface area contributed by atoms with E-state index < -0.39 is 6.04 Å². The number of carbonyl (C=O) groups is 1. The monoisotopic (exact) mass is 374 g/mol. The van der Waals surface area contributed by atoms with E-state index in [1.165, 1.54) is 22.2 Å². The van der Waals surface area contributed by atoms with Gasteiger partial charge in [-0.05, 0) is 63.4 Å². The normalized spacial score (nSPS) is 22.2. The summed E-state index contributed by atoms with van der Waals surface area (Å²) < 4.78 is 7.12. The van der Waals surface area contributed by atoms with Crippen molar-refractivity contribution in [2.75, 3.05) is 0 Å². The highest BCUT2D eigenvalue weighted by Crippen LogP contribution is 2.35. The van der Waals surface area contributed by atoms with Gasteiger partial charge in [0, 0.05) is 4.88 Å². The lowest BCUT2D eigenvalue weighted by atomic mass is 9.89. The van der Waals surface area contributed by atoms with Crippen LogP contribution >= 0.6 is 11.3 Å². The lowest BCUT2D eigenvalue weighted by Gasteiger charge is -2.24. The van der Waals surface area contributed by atoms with Gasteiger partial charge in [0.2, 0.25) is 0 Å². The van der Waals surface area contributed by atoms with E-state index >= 15 is 0 Å². The number of hydrogen-bond acceptors (Lipinski definition) is 5. The van der Waals surface area contributed by atoms with Crippen molar-refractivity contribution in [1.29, 1.82) is 0 Å². The molecule has 0 unspecified atom stereocenters. The number of rotatable bonds is 3. The van der Waals surface area contributed by atoms with Gasteiger partial charge in [0.25, 0.3) is 5.56 Å². The number of esters is 1. The van der Waals surface area contributed by atoms with Gasteiger partial charge in [-0.1, -0.05) is 13.3 Å². The molecule has 0 bridgehead atoms. The Hall–Kier alpha value is -1.69. The number of carbonyl (C=O) groups excluding carboxylic acids is 1. The van der Waals surface area contributed by atoms with Gasteiger partial charge in [-0.2, -0.15) is 0 Å². The number of aryl methyl sites for hydroxylation is 1. The van der Waals surface area contributed by atoms with E-state index in [1.807, 2.05) is 0 Å². The average Bonchev–Trinajstić information content (AvgIpc) is 3.00. The van der Waals surface area contributed by atoms with E-state index in [0.717, 1.165) is 60.7 Å². The second kappa shape index (κ2) is 7.14. The highest BCUT2D eigenvalue weighted by atomic mass is 32.1. The van der Waals surface area contributed by atoms with Gasteiger partial charge in [-0.15, -0.1) is 11.3 Å². The summed E-state index contributed by atoms with van der Waals surface area (Å²) in [7, 11) is 0. The number of thiophene rings is 1. The highest BCUT2D eigenvalue weighted by Gasteiger charge is 2.27. The second-order valence-corrected chi connectivity index (χ2v) is 8.95. The van der Waals surface area contributed by atoms with Crippen molar-refractivity contribution in [1.82, 2.24) is 9.55 Å². The number of aromatic nitrogens is 2. The van der Waals surface area contributed by atoms with E-state index in [0.29, 0.717) is 5.92 Å². The van der Waals surface area contributed by atoms with Crippen molar-refractivity contribution in [2.24, 2.45) is 5.92 Å². The summed E-state index contributed by atoms with van der Waals surface area (Å²) in [5, 5.41) is 0.719. The Morgan fingerprint density at radius 1 is 1.31 bits per heavy atom. The summed E-state index contributed by atoms with van der Waals surface area (Å²) in [5.74, 6) is 0.333. The predicted octanol–water partition coefficient (Wildman–Crippen LogP) is 4.02. The van der Waals surface area contributed by atoms with Gasteiger partial charge in [-0.25, -0.2) is 9.78 Å². The third-order valence-corrected chi connectivity index (χ3v) is 7.00. The molecular weight excluding hydrogens is 348 g/mol. The molecule has 0 amide bonds. The van der Waals surface area contributed by atoms with E-state index in [2.05, 4.69) is 11.9 Å². The summed E-state index contributed by atoms with van der Waals surface area (Å²) in [6.45, 7) is 3.99. The van der Waals surface area contributed by atoms with Gasteiger partial charge in [0.15, 0.2) is 0 Å². The molecule has 2 heterocycles. The minimum atomic E-state index is -0.639.